The van der Waals surface area contributed by atoms with Gasteiger partial charge in [0, 0.05) is 17.8 Å². The first-order valence-electron chi connectivity index (χ1n) is 9.26. The second kappa shape index (κ2) is 9.43. The summed E-state index contributed by atoms with van der Waals surface area (Å²) in [5, 5.41) is 5.84. The lowest BCUT2D eigenvalue weighted by Gasteiger charge is -2.20. The van der Waals surface area contributed by atoms with Crippen LogP contribution in [0.5, 0.6) is 11.5 Å². The Morgan fingerprint density at radius 2 is 1.85 bits per heavy atom. The van der Waals surface area contributed by atoms with Gasteiger partial charge in [0.15, 0.2) is 24.1 Å². The number of hydrogen-bond acceptors (Lipinski definition) is 4. The number of quaternary nitrogens is 1. The molecule has 26 heavy (non-hydrogen) atoms. The van der Waals surface area contributed by atoms with Gasteiger partial charge >= 0.3 is 0 Å². The molecule has 2 rings (SSSR count). The van der Waals surface area contributed by atoms with E-state index in [1.807, 2.05) is 27.8 Å². The van der Waals surface area contributed by atoms with E-state index < -0.39 is 0 Å². The number of carbonyl (C=O) groups excluding carboxylic acids is 2. The minimum Gasteiger partial charge on any atom is -0.490 e. The van der Waals surface area contributed by atoms with E-state index >= 15 is 0 Å². The summed E-state index contributed by atoms with van der Waals surface area (Å²) in [6, 6.07) is 5.37. The van der Waals surface area contributed by atoms with E-state index in [1.54, 1.807) is 18.2 Å². The lowest BCUT2D eigenvalue weighted by Crippen LogP contribution is -3.15. The molecule has 1 aliphatic rings. The molecule has 0 bridgehead atoms. The quantitative estimate of drug-likeness (QED) is 0.568. The minimum absolute atomic E-state index is 0.00232. The Balaban J connectivity index is 1.91. The van der Waals surface area contributed by atoms with Gasteiger partial charge in [-0.3, -0.25) is 9.59 Å². The van der Waals surface area contributed by atoms with Gasteiger partial charge in [-0.05, 0) is 45.7 Å². The van der Waals surface area contributed by atoms with Crippen molar-refractivity contribution in [1.29, 1.82) is 0 Å². The highest BCUT2D eigenvalue weighted by Crippen LogP contribution is 2.30. The van der Waals surface area contributed by atoms with Gasteiger partial charge < -0.3 is 25.0 Å². The highest BCUT2D eigenvalue weighted by molar-refractivity contribution is 5.92. The maximum atomic E-state index is 12.3. The molecule has 7 nitrogen and oxygen atoms in total. The number of likely N-dealkylation sites (N-methyl/N-ethyl adjacent to an activating group) is 1. The molecule has 1 fully saturated rings. The average molecular weight is 364 g/mol. The molecule has 1 aromatic rings. The highest BCUT2D eigenvalue weighted by atomic mass is 16.5. The molecule has 7 heteroatoms. The summed E-state index contributed by atoms with van der Waals surface area (Å²) in [6.45, 7) is 6.90. The van der Waals surface area contributed by atoms with Gasteiger partial charge in [-0.2, -0.15) is 0 Å². The zero-order chi connectivity index (χ0) is 19.1. The lowest BCUT2D eigenvalue weighted by molar-refractivity contribution is -0.885. The molecule has 1 unspecified atom stereocenters. The van der Waals surface area contributed by atoms with E-state index in [1.165, 1.54) is 0 Å². The monoisotopic (exact) mass is 364 g/mol. The maximum Gasteiger partial charge on any atom is 0.279 e. The third-order valence-electron chi connectivity index (χ3n) is 4.32. The van der Waals surface area contributed by atoms with Gasteiger partial charge in [0.25, 0.3) is 11.8 Å². The zero-order valence-corrected chi connectivity index (χ0v) is 16.1. The van der Waals surface area contributed by atoms with Crippen molar-refractivity contribution in [3.8, 4) is 11.5 Å². The first-order chi connectivity index (χ1) is 12.4. The summed E-state index contributed by atoms with van der Waals surface area (Å²) >= 11 is 0. The minimum atomic E-state index is -0.277. The first kappa shape index (κ1) is 20.0. The van der Waals surface area contributed by atoms with Crippen molar-refractivity contribution in [2.24, 2.45) is 0 Å². The first-order valence-corrected chi connectivity index (χ1v) is 9.26. The summed E-state index contributed by atoms with van der Waals surface area (Å²) in [4.78, 5) is 25.3. The van der Waals surface area contributed by atoms with E-state index in [2.05, 4.69) is 10.6 Å². The molecule has 1 saturated carbocycles. The summed E-state index contributed by atoms with van der Waals surface area (Å²) in [5.74, 6) is 1.10. The molecule has 2 atom stereocenters. The van der Waals surface area contributed by atoms with Gasteiger partial charge in [-0.1, -0.05) is 0 Å². The number of carbonyl (C=O) groups is 2. The Hall–Kier alpha value is -2.28. The van der Waals surface area contributed by atoms with E-state index in [-0.39, 0.29) is 24.4 Å². The van der Waals surface area contributed by atoms with Gasteiger partial charge in [-0.25, -0.2) is 0 Å². The van der Waals surface area contributed by atoms with Crippen molar-refractivity contribution < 1.29 is 24.0 Å². The summed E-state index contributed by atoms with van der Waals surface area (Å²) < 4.78 is 11.1. The van der Waals surface area contributed by atoms with Crippen LogP contribution in [0.3, 0.4) is 0 Å². The average Bonchev–Trinajstić information content (AvgIpc) is 3.40. The summed E-state index contributed by atoms with van der Waals surface area (Å²) in [7, 11) is 1.85. The van der Waals surface area contributed by atoms with E-state index in [0.717, 1.165) is 17.7 Å². The Kier molecular flexibility index (Phi) is 7.26. The van der Waals surface area contributed by atoms with Crippen molar-refractivity contribution in [3.05, 3.63) is 18.2 Å². The molecule has 0 radical (unpaired) electrons. The van der Waals surface area contributed by atoms with Crippen molar-refractivity contribution >= 4 is 17.5 Å². The molecule has 0 heterocycles. The third-order valence-corrected chi connectivity index (χ3v) is 4.32. The van der Waals surface area contributed by atoms with Gasteiger partial charge in [-0.15, -0.1) is 0 Å². The molecule has 0 aromatic heterocycles. The SMILES string of the molecule is CCOc1ccc(NC(=O)C[NH+](C)[C@H](C)C(=O)NC2CC2)cc1OCC. The molecule has 0 aliphatic heterocycles. The number of hydrogen-bond donors (Lipinski definition) is 3. The Morgan fingerprint density at radius 1 is 1.19 bits per heavy atom. The Bertz CT molecular complexity index is 631. The lowest BCUT2D eigenvalue weighted by atomic mass is 10.2. The predicted octanol–water partition coefficient (Wildman–Crippen LogP) is 0.604. The van der Waals surface area contributed by atoms with Gasteiger partial charge in [0.05, 0.1) is 20.3 Å². The fourth-order valence-corrected chi connectivity index (χ4v) is 2.52. The van der Waals surface area contributed by atoms with Crippen LogP contribution in [0.15, 0.2) is 18.2 Å². The van der Waals surface area contributed by atoms with Crippen molar-refractivity contribution in [2.75, 3.05) is 32.1 Å². The molecular weight excluding hydrogens is 334 g/mol. The Morgan fingerprint density at radius 3 is 2.46 bits per heavy atom. The highest BCUT2D eigenvalue weighted by Gasteiger charge is 2.29. The van der Waals surface area contributed by atoms with Gasteiger partial charge in [0.2, 0.25) is 0 Å². The van der Waals surface area contributed by atoms with Crippen LogP contribution >= 0.6 is 0 Å². The second-order valence-electron chi connectivity index (χ2n) is 6.60. The topological polar surface area (TPSA) is 81.1 Å². The van der Waals surface area contributed by atoms with Crippen LogP contribution in [0.2, 0.25) is 0 Å². The number of amides is 2. The molecule has 0 saturated heterocycles. The van der Waals surface area contributed by atoms with Crippen molar-refractivity contribution in [3.63, 3.8) is 0 Å². The van der Waals surface area contributed by atoms with Crippen LogP contribution < -0.4 is 25.0 Å². The van der Waals surface area contributed by atoms with Crippen LogP contribution in [0.4, 0.5) is 5.69 Å². The van der Waals surface area contributed by atoms with E-state index in [9.17, 15) is 9.59 Å². The number of benzene rings is 1. The summed E-state index contributed by atoms with van der Waals surface area (Å²) in [5.41, 5.74) is 0.643. The largest absolute Gasteiger partial charge is 0.490 e. The van der Waals surface area contributed by atoms with Crippen molar-refractivity contribution in [1.82, 2.24) is 5.32 Å². The van der Waals surface area contributed by atoms with Crippen LogP contribution in [0.1, 0.15) is 33.6 Å². The standard InChI is InChI=1S/C19H29N3O4/c1-5-25-16-10-9-15(11-17(16)26-6-2)20-18(23)12-22(4)13(3)19(24)21-14-7-8-14/h9-11,13-14H,5-8,12H2,1-4H3,(H,20,23)(H,21,24)/p+1/t13-/m1/s1. The van der Waals surface area contributed by atoms with Crippen LogP contribution in [0, 0.1) is 0 Å². The van der Waals surface area contributed by atoms with Crippen LogP contribution in [-0.4, -0.2) is 50.7 Å². The number of ether oxygens (including phenoxy) is 2. The fourth-order valence-electron chi connectivity index (χ4n) is 2.52. The maximum absolute atomic E-state index is 12.3. The molecule has 3 N–H and O–H groups in total. The van der Waals surface area contributed by atoms with Crippen LogP contribution in [0.25, 0.3) is 0 Å². The number of anilines is 1. The van der Waals surface area contributed by atoms with Crippen LogP contribution in [-0.2, 0) is 9.59 Å². The molecular formula is C19H30N3O4+. The van der Waals surface area contributed by atoms with E-state index in [0.29, 0.717) is 36.4 Å². The van der Waals surface area contributed by atoms with Crippen molar-refractivity contribution in [2.45, 2.75) is 45.7 Å². The third kappa shape index (κ3) is 5.91. The number of rotatable bonds is 10. The normalized spacial score (nSPS) is 15.7. The smallest absolute Gasteiger partial charge is 0.279 e. The molecule has 1 aromatic carbocycles. The molecule has 2 amide bonds. The Labute approximate surface area is 155 Å². The fraction of sp³-hybridized carbons (Fsp3) is 0.579. The predicted molar refractivity (Wildman–Crippen MR) is 99.8 cm³/mol. The van der Waals surface area contributed by atoms with Gasteiger partial charge in [0.1, 0.15) is 0 Å². The second-order valence-corrected chi connectivity index (χ2v) is 6.60. The zero-order valence-electron chi connectivity index (χ0n) is 16.1. The number of nitrogens with one attached hydrogen (secondary N) is 3. The molecule has 0 spiro atoms. The molecule has 1 aliphatic carbocycles. The summed E-state index contributed by atoms with van der Waals surface area (Å²) in [6.07, 6.45) is 2.11. The molecule has 144 valence electrons. The van der Waals surface area contributed by atoms with E-state index in [4.69, 9.17) is 9.47 Å².